The van der Waals surface area contributed by atoms with Gasteiger partial charge in [0.25, 0.3) is 11.6 Å². The van der Waals surface area contributed by atoms with Crippen LogP contribution in [0.4, 0.5) is 5.69 Å². The number of nitro benzene ring substituents is 1. The van der Waals surface area contributed by atoms with Crippen molar-refractivity contribution in [1.29, 1.82) is 0 Å². The van der Waals surface area contributed by atoms with Crippen LogP contribution in [0.5, 0.6) is 5.75 Å². The highest BCUT2D eigenvalue weighted by molar-refractivity contribution is 8.00. The van der Waals surface area contributed by atoms with E-state index < -0.39 is 10.9 Å². The Bertz CT molecular complexity index is 973. The van der Waals surface area contributed by atoms with E-state index in [-0.39, 0.29) is 23.9 Å². The number of methoxy groups -OCH3 is 1. The molecule has 0 bridgehead atoms. The van der Waals surface area contributed by atoms with Crippen molar-refractivity contribution in [3.8, 4) is 17.1 Å². The molecule has 0 atom stereocenters. The van der Waals surface area contributed by atoms with Gasteiger partial charge in [-0.3, -0.25) is 14.9 Å². The lowest BCUT2D eigenvalue weighted by Crippen LogP contribution is -2.07. The molecular weight excluding hydrogens is 386 g/mol. The Balaban J connectivity index is 1.49. The number of esters is 1. The average molecular weight is 401 g/mol. The molecule has 9 nitrogen and oxygen atoms in total. The summed E-state index contributed by atoms with van der Waals surface area (Å²) in [5, 5.41) is 14.5. The van der Waals surface area contributed by atoms with Crippen LogP contribution in [-0.4, -0.2) is 33.9 Å². The Labute approximate surface area is 163 Å². The summed E-state index contributed by atoms with van der Waals surface area (Å²) < 4.78 is 15.4. The number of thioether (sulfide) groups is 1. The fourth-order valence-electron chi connectivity index (χ4n) is 2.18. The topological polar surface area (TPSA) is 118 Å². The van der Waals surface area contributed by atoms with Gasteiger partial charge in [-0.15, -0.1) is 11.8 Å². The Morgan fingerprint density at radius 1 is 1.25 bits per heavy atom. The molecule has 28 heavy (non-hydrogen) atoms. The number of benzene rings is 2. The van der Waals surface area contributed by atoms with E-state index in [9.17, 15) is 14.9 Å². The lowest BCUT2D eigenvalue weighted by atomic mass is 10.2. The summed E-state index contributed by atoms with van der Waals surface area (Å²) in [7, 11) is 1.56. The molecule has 0 unspecified atom stereocenters. The first kappa shape index (κ1) is 19.4. The number of carbonyl (C=O) groups excluding carboxylic acids is 1. The Morgan fingerprint density at radius 3 is 2.75 bits per heavy atom. The third kappa shape index (κ3) is 5.07. The second kappa shape index (κ2) is 9.00. The zero-order chi connectivity index (χ0) is 19.9. The molecule has 0 amide bonds. The summed E-state index contributed by atoms with van der Waals surface area (Å²) in [5.74, 6) is 0.786. The zero-order valence-electron chi connectivity index (χ0n) is 14.7. The van der Waals surface area contributed by atoms with Gasteiger partial charge in [0.1, 0.15) is 5.75 Å². The molecule has 0 radical (unpaired) electrons. The van der Waals surface area contributed by atoms with Crippen molar-refractivity contribution < 1.29 is 23.7 Å². The molecule has 0 saturated heterocycles. The van der Waals surface area contributed by atoms with E-state index in [2.05, 4.69) is 10.1 Å². The summed E-state index contributed by atoms with van der Waals surface area (Å²) >= 11 is 1.21. The smallest absolute Gasteiger partial charge is 0.316 e. The van der Waals surface area contributed by atoms with Gasteiger partial charge in [-0.2, -0.15) is 4.98 Å². The van der Waals surface area contributed by atoms with Gasteiger partial charge in [0.05, 0.1) is 17.8 Å². The van der Waals surface area contributed by atoms with E-state index in [1.54, 1.807) is 37.4 Å². The molecule has 0 fully saturated rings. The van der Waals surface area contributed by atoms with Crippen LogP contribution in [0.3, 0.4) is 0 Å². The first-order chi connectivity index (χ1) is 13.5. The maximum Gasteiger partial charge on any atom is 0.316 e. The molecule has 3 rings (SSSR count). The lowest BCUT2D eigenvalue weighted by Gasteiger charge is -2.02. The van der Waals surface area contributed by atoms with Crippen LogP contribution in [-0.2, 0) is 16.1 Å². The van der Waals surface area contributed by atoms with Gasteiger partial charge in [-0.05, 0) is 24.3 Å². The van der Waals surface area contributed by atoms with Gasteiger partial charge >= 0.3 is 5.97 Å². The molecule has 2 aromatic carbocycles. The largest absolute Gasteiger partial charge is 0.497 e. The number of nitro groups is 1. The van der Waals surface area contributed by atoms with Gasteiger partial charge in [-0.1, -0.05) is 17.3 Å². The van der Waals surface area contributed by atoms with Gasteiger partial charge in [0, 0.05) is 22.6 Å². The van der Waals surface area contributed by atoms with E-state index in [1.807, 2.05) is 6.07 Å². The molecular formula is C18H15N3O6S. The predicted octanol–water partition coefficient (Wildman–Crippen LogP) is 3.49. The highest BCUT2D eigenvalue weighted by atomic mass is 32.2. The predicted molar refractivity (Wildman–Crippen MR) is 99.9 cm³/mol. The SMILES string of the molecule is COc1cccc(-c2noc(COC(=O)CSc3ccc([N+](=O)[O-])cc3)n2)c1. The minimum Gasteiger partial charge on any atom is -0.497 e. The first-order valence-corrected chi connectivity index (χ1v) is 9.03. The fraction of sp³-hybridized carbons (Fsp3) is 0.167. The molecule has 0 aliphatic heterocycles. The minimum absolute atomic E-state index is 0.00448. The summed E-state index contributed by atoms with van der Waals surface area (Å²) in [6.07, 6.45) is 0. The quantitative estimate of drug-likeness (QED) is 0.242. The highest BCUT2D eigenvalue weighted by Crippen LogP contribution is 2.23. The van der Waals surface area contributed by atoms with Crippen molar-refractivity contribution in [3.05, 3.63) is 64.5 Å². The van der Waals surface area contributed by atoms with Crippen molar-refractivity contribution in [2.45, 2.75) is 11.5 Å². The lowest BCUT2D eigenvalue weighted by molar-refractivity contribution is -0.384. The molecule has 10 heteroatoms. The van der Waals surface area contributed by atoms with Crippen LogP contribution < -0.4 is 4.74 Å². The summed E-state index contributed by atoms with van der Waals surface area (Å²) in [5.41, 5.74) is 0.713. The van der Waals surface area contributed by atoms with Gasteiger partial charge in [0.15, 0.2) is 6.61 Å². The first-order valence-electron chi connectivity index (χ1n) is 8.05. The van der Waals surface area contributed by atoms with Crippen molar-refractivity contribution in [2.75, 3.05) is 12.9 Å². The van der Waals surface area contributed by atoms with Crippen LogP contribution in [0.1, 0.15) is 5.89 Å². The van der Waals surface area contributed by atoms with E-state index in [0.29, 0.717) is 11.6 Å². The van der Waals surface area contributed by atoms with Crippen LogP contribution in [0, 0.1) is 10.1 Å². The van der Waals surface area contributed by atoms with E-state index in [0.717, 1.165) is 10.5 Å². The standard InChI is InChI=1S/C18H15N3O6S/c1-25-14-4-2-3-12(9-14)18-19-16(27-20-18)10-26-17(22)11-28-15-7-5-13(6-8-15)21(23)24/h2-9H,10-11H2,1H3. The molecule has 0 saturated carbocycles. The van der Waals surface area contributed by atoms with Crippen molar-refractivity contribution >= 4 is 23.4 Å². The third-order valence-corrected chi connectivity index (χ3v) is 4.54. The molecule has 1 aromatic heterocycles. The van der Waals surface area contributed by atoms with Crippen molar-refractivity contribution in [1.82, 2.24) is 10.1 Å². The molecule has 0 N–H and O–H groups in total. The maximum absolute atomic E-state index is 11.9. The van der Waals surface area contributed by atoms with Gasteiger partial charge in [-0.25, -0.2) is 0 Å². The van der Waals surface area contributed by atoms with E-state index >= 15 is 0 Å². The van der Waals surface area contributed by atoms with Crippen LogP contribution >= 0.6 is 11.8 Å². The fourth-order valence-corrected chi connectivity index (χ4v) is 2.88. The minimum atomic E-state index is -0.479. The Morgan fingerprint density at radius 2 is 2.04 bits per heavy atom. The Hall–Kier alpha value is -3.40. The number of carbonyl (C=O) groups is 1. The van der Waals surface area contributed by atoms with Crippen LogP contribution in [0.2, 0.25) is 0 Å². The molecule has 144 valence electrons. The van der Waals surface area contributed by atoms with Crippen molar-refractivity contribution in [3.63, 3.8) is 0 Å². The number of nitrogens with zero attached hydrogens (tertiary/aromatic N) is 3. The second-order valence-corrected chi connectivity index (χ2v) is 6.49. The monoisotopic (exact) mass is 401 g/mol. The second-order valence-electron chi connectivity index (χ2n) is 5.44. The zero-order valence-corrected chi connectivity index (χ0v) is 15.5. The third-order valence-electron chi connectivity index (χ3n) is 3.56. The number of ether oxygens (including phenoxy) is 2. The molecule has 3 aromatic rings. The number of rotatable bonds is 8. The molecule has 0 aliphatic carbocycles. The van der Waals surface area contributed by atoms with E-state index in [1.165, 1.54) is 23.9 Å². The summed E-state index contributed by atoms with van der Waals surface area (Å²) in [4.78, 5) is 26.9. The highest BCUT2D eigenvalue weighted by Gasteiger charge is 2.12. The number of hydrogen-bond acceptors (Lipinski definition) is 9. The van der Waals surface area contributed by atoms with Gasteiger partial charge in [0.2, 0.25) is 5.82 Å². The summed E-state index contributed by atoms with van der Waals surface area (Å²) in [6.45, 7) is -0.142. The normalized spacial score (nSPS) is 10.5. The number of non-ortho nitro benzene ring substituents is 1. The van der Waals surface area contributed by atoms with E-state index in [4.69, 9.17) is 14.0 Å². The number of hydrogen-bond donors (Lipinski definition) is 0. The van der Waals surface area contributed by atoms with Crippen molar-refractivity contribution in [2.24, 2.45) is 0 Å². The molecule has 0 aliphatic rings. The molecule has 1 heterocycles. The maximum atomic E-state index is 11.9. The number of aromatic nitrogens is 2. The van der Waals surface area contributed by atoms with Gasteiger partial charge < -0.3 is 14.0 Å². The summed E-state index contributed by atoms with van der Waals surface area (Å²) in [6, 6.07) is 13.1. The molecule has 0 spiro atoms. The Kier molecular flexibility index (Phi) is 6.22. The van der Waals surface area contributed by atoms with Crippen LogP contribution in [0.15, 0.2) is 57.9 Å². The van der Waals surface area contributed by atoms with Crippen LogP contribution in [0.25, 0.3) is 11.4 Å². The average Bonchev–Trinajstić information content (AvgIpc) is 3.20.